The maximum Gasteiger partial charge on any atom is 0.173 e. The van der Waals surface area contributed by atoms with Crippen molar-refractivity contribution in [3.8, 4) is 0 Å². The standard InChI is InChI=1S/C20H23NO/c1-21(2)15-14-20(17-9-4-3-5-10-17)13-12-16-8-6-7-11-18(16)19(20)22/h3-11H,12-15H2,1-2H3. The van der Waals surface area contributed by atoms with Crippen LogP contribution < -0.4 is 0 Å². The summed E-state index contributed by atoms with van der Waals surface area (Å²) in [6.07, 6.45) is 2.75. The third kappa shape index (κ3) is 2.59. The number of Topliss-reactive ketones (excluding diaryl/α,β-unsaturated/α-hetero) is 1. The highest BCUT2D eigenvalue weighted by Crippen LogP contribution is 2.41. The number of hydrogen-bond donors (Lipinski definition) is 0. The highest BCUT2D eigenvalue weighted by Gasteiger charge is 2.43. The van der Waals surface area contributed by atoms with Gasteiger partial charge in [0.15, 0.2) is 5.78 Å². The molecule has 1 atom stereocenters. The van der Waals surface area contributed by atoms with Crippen LogP contribution in [0.15, 0.2) is 54.6 Å². The van der Waals surface area contributed by atoms with E-state index >= 15 is 0 Å². The number of nitrogens with zero attached hydrogens (tertiary/aromatic N) is 1. The Bertz CT molecular complexity index is 662. The molecular weight excluding hydrogens is 270 g/mol. The van der Waals surface area contributed by atoms with E-state index in [1.54, 1.807) is 0 Å². The minimum Gasteiger partial charge on any atom is -0.309 e. The number of carbonyl (C=O) groups is 1. The van der Waals surface area contributed by atoms with Gasteiger partial charge in [-0.05, 0) is 51.0 Å². The first-order chi connectivity index (χ1) is 10.6. The Morgan fingerprint density at radius 3 is 2.41 bits per heavy atom. The van der Waals surface area contributed by atoms with Crippen LogP contribution in [0.4, 0.5) is 0 Å². The van der Waals surface area contributed by atoms with Crippen molar-refractivity contribution in [2.75, 3.05) is 20.6 Å². The van der Waals surface area contributed by atoms with Gasteiger partial charge in [0, 0.05) is 5.56 Å². The van der Waals surface area contributed by atoms with Gasteiger partial charge in [0.1, 0.15) is 0 Å². The van der Waals surface area contributed by atoms with Crippen molar-refractivity contribution in [1.29, 1.82) is 0 Å². The molecule has 0 heterocycles. The molecule has 0 spiro atoms. The van der Waals surface area contributed by atoms with E-state index in [4.69, 9.17) is 0 Å². The largest absolute Gasteiger partial charge is 0.309 e. The Morgan fingerprint density at radius 2 is 1.68 bits per heavy atom. The summed E-state index contributed by atoms with van der Waals surface area (Å²) in [6.45, 7) is 0.919. The fourth-order valence-electron chi connectivity index (χ4n) is 3.51. The molecule has 0 bridgehead atoms. The quantitative estimate of drug-likeness (QED) is 0.856. The Morgan fingerprint density at radius 1 is 1.00 bits per heavy atom. The normalized spacial score (nSPS) is 21.0. The van der Waals surface area contributed by atoms with E-state index in [2.05, 4.69) is 37.2 Å². The topological polar surface area (TPSA) is 20.3 Å². The van der Waals surface area contributed by atoms with E-state index in [1.807, 2.05) is 36.4 Å². The minimum atomic E-state index is -0.375. The van der Waals surface area contributed by atoms with Gasteiger partial charge in [0.05, 0.1) is 5.41 Å². The van der Waals surface area contributed by atoms with Crippen LogP contribution in [-0.2, 0) is 11.8 Å². The monoisotopic (exact) mass is 293 g/mol. The lowest BCUT2D eigenvalue weighted by Gasteiger charge is -2.38. The lowest BCUT2D eigenvalue weighted by atomic mass is 9.64. The molecule has 2 aromatic rings. The lowest BCUT2D eigenvalue weighted by Crippen LogP contribution is -2.42. The number of carbonyl (C=O) groups excluding carboxylic acids is 1. The summed E-state index contributed by atoms with van der Waals surface area (Å²) >= 11 is 0. The smallest absolute Gasteiger partial charge is 0.173 e. The number of hydrogen-bond acceptors (Lipinski definition) is 2. The van der Waals surface area contributed by atoms with Crippen LogP contribution in [0.3, 0.4) is 0 Å². The van der Waals surface area contributed by atoms with Crippen molar-refractivity contribution in [3.05, 3.63) is 71.3 Å². The SMILES string of the molecule is CN(C)CCC1(c2ccccc2)CCc2ccccc2C1=O. The molecule has 0 N–H and O–H groups in total. The molecule has 0 saturated carbocycles. The van der Waals surface area contributed by atoms with E-state index in [0.717, 1.165) is 36.9 Å². The number of ketones is 1. The highest BCUT2D eigenvalue weighted by molar-refractivity contribution is 6.06. The molecule has 2 aromatic carbocycles. The number of aryl methyl sites for hydroxylation is 1. The van der Waals surface area contributed by atoms with Crippen LogP contribution in [0.25, 0.3) is 0 Å². The Balaban J connectivity index is 2.06. The van der Waals surface area contributed by atoms with Crippen LogP contribution in [-0.4, -0.2) is 31.3 Å². The zero-order valence-corrected chi connectivity index (χ0v) is 13.4. The molecule has 0 fully saturated rings. The summed E-state index contributed by atoms with van der Waals surface area (Å²) in [7, 11) is 4.14. The second-order valence-electron chi connectivity index (χ2n) is 6.49. The predicted molar refractivity (Wildman–Crippen MR) is 90.4 cm³/mol. The third-order valence-electron chi connectivity index (χ3n) is 4.83. The zero-order chi connectivity index (χ0) is 15.6. The molecule has 0 amide bonds. The molecule has 3 rings (SSSR count). The minimum absolute atomic E-state index is 0.294. The third-order valence-corrected chi connectivity index (χ3v) is 4.83. The molecule has 1 unspecified atom stereocenters. The zero-order valence-electron chi connectivity index (χ0n) is 13.4. The first-order valence-electron chi connectivity index (χ1n) is 7.96. The van der Waals surface area contributed by atoms with Crippen molar-refractivity contribution >= 4 is 5.78 Å². The first-order valence-corrected chi connectivity index (χ1v) is 7.96. The van der Waals surface area contributed by atoms with E-state index < -0.39 is 0 Å². The van der Waals surface area contributed by atoms with Crippen molar-refractivity contribution < 1.29 is 4.79 Å². The van der Waals surface area contributed by atoms with Crippen LogP contribution >= 0.6 is 0 Å². The van der Waals surface area contributed by atoms with Gasteiger partial charge in [-0.1, -0.05) is 54.6 Å². The van der Waals surface area contributed by atoms with Gasteiger partial charge in [-0.2, -0.15) is 0 Å². The predicted octanol–water partition coefficient (Wildman–Crippen LogP) is 3.71. The van der Waals surface area contributed by atoms with Crippen LogP contribution in [0.5, 0.6) is 0 Å². The van der Waals surface area contributed by atoms with Gasteiger partial charge in [-0.3, -0.25) is 4.79 Å². The number of benzene rings is 2. The summed E-state index contributed by atoms with van der Waals surface area (Å²) in [5.41, 5.74) is 2.90. The molecule has 1 aliphatic carbocycles. The van der Waals surface area contributed by atoms with E-state index in [9.17, 15) is 4.79 Å². The maximum absolute atomic E-state index is 13.3. The lowest BCUT2D eigenvalue weighted by molar-refractivity contribution is 0.0840. The maximum atomic E-state index is 13.3. The Kier molecular flexibility index (Phi) is 4.12. The van der Waals surface area contributed by atoms with Crippen molar-refractivity contribution in [2.45, 2.75) is 24.7 Å². The number of fused-ring (bicyclic) bond motifs is 1. The second-order valence-corrected chi connectivity index (χ2v) is 6.49. The second kappa shape index (κ2) is 6.05. The van der Waals surface area contributed by atoms with Gasteiger partial charge < -0.3 is 4.90 Å². The molecule has 0 aromatic heterocycles. The molecule has 2 heteroatoms. The molecule has 2 nitrogen and oxygen atoms in total. The first kappa shape index (κ1) is 15.0. The van der Waals surface area contributed by atoms with E-state index in [1.165, 1.54) is 5.56 Å². The fraction of sp³-hybridized carbons (Fsp3) is 0.350. The molecule has 0 aliphatic heterocycles. The summed E-state index contributed by atoms with van der Waals surface area (Å²) < 4.78 is 0. The van der Waals surface area contributed by atoms with Crippen molar-refractivity contribution in [2.24, 2.45) is 0 Å². The van der Waals surface area contributed by atoms with Crippen LogP contribution in [0.2, 0.25) is 0 Å². The Labute approximate surface area is 132 Å². The van der Waals surface area contributed by atoms with Gasteiger partial charge in [-0.25, -0.2) is 0 Å². The van der Waals surface area contributed by atoms with E-state index in [-0.39, 0.29) is 5.41 Å². The van der Waals surface area contributed by atoms with Gasteiger partial charge >= 0.3 is 0 Å². The van der Waals surface area contributed by atoms with Gasteiger partial charge in [0.25, 0.3) is 0 Å². The average Bonchev–Trinajstić information content (AvgIpc) is 2.56. The summed E-state index contributed by atoms with van der Waals surface area (Å²) in [6, 6.07) is 18.4. The van der Waals surface area contributed by atoms with Crippen molar-refractivity contribution in [1.82, 2.24) is 4.90 Å². The summed E-state index contributed by atoms with van der Waals surface area (Å²) in [5, 5.41) is 0. The van der Waals surface area contributed by atoms with Gasteiger partial charge in [0.2, 0.25) is 0 Å². The molecule has 1 aliphatic rings. The Hall–Kier alpha value is -1.93. The summed E-state index contributed by atoms with van der Waals surface area (Å²) in [4.78, 5) is 15.5. The molecule has 114 valence electrons. The fourth-order valence-corrected chi connectivity index (χ4v) is 3.51. The highest BCUT2D eigenvalue weighted by atomic mass is 16.1. The molecular formula is C20H23NO. The number of rotatable bonds is 4. The van der Waals surface area contributed by atoms with Crippen LogP contribution in [0.1, 0.15) is 34.3 Å². The molecule has 22 heavy (non-hydrogen) atoms. The molecule has 0 radical (unpaired) electrons. The van der Waals surface area contributed by atoms with Gasteiger partial charge in [-0.15, -0.1) is 0 Å². The molecule has 0 saturated heterocycles. The van der Waals surface area contributed by atoms with Crippen molar-refractivity contribution in [3.63, 3.8) is 0 Å². The summed E-state index contributed by atoms with van der Waals surface area (Å²) in [5.74, 6) is 0.294. The van der Waals surface area contributed by atoms with Crippen LogP contribution in [0, 0.1) is 0 Å². The average molecular weight is 293 g/mol. The van der Waals surface area contributed by atoms with E-state index in [0.29, 0.717) is 5.78 Å².